The summed E-state index contributed by atoms with van der Waals surface area (Å²) >= 11 is 0. The van der Waals surface area contributed by atoms with Gasteiger partial charge in [-0.1, -0.05) is 48.9 Å². The van der Waals surface area contributed by atoms with E-state index in [0.29, 0.717) is 18.0 Å². The summed E-state index contributed by atoms with van der Waals surface area (Å²) in [5, 5.41) is 22.5. The molecule has 4 nitrogen and oxygen atoms in total. The average Bonchev–Trinajstić information content (AvgIpc) is 3.42. The Kier molecular flexibility index (Phi) is 6.65. The molecule has 1 saturated carbocycles. The van der Waals surface area contributed by atoms with Gasteiger partial charge >= 0.3 is 0 Å². The SMILES string of the molecule is CC/C(=C\c1ccccc1)C1CC1NC1CCN(C(CO)CO)CC1. The number of likely N-dealkylation sites (tertiary alicyclic amines) is 1. The minimum Gasteiger partial charge on any atom is -0.395 e. The van der Waals surface area contributed by atoms with Crippen molar-refractivity contribution in [2.75, 3.05) is 26.3 Å². The quantitative estimate of drug-likeness (QED) is 0.677. The summed E-state index contributed by atoms with van der Waals surface area (Å²) in [6, 6.07) is 11.7. The fourth-order valence-electron chi connectivity index (χ4n) is 4.05. The number of aliphatic hydroxyl groups excluding tert-OH is 2. The number of aliphatic hydroxyl groups is 2. The van der Waals surface area contributed by atoms with Crippen LogP contribution in [-0.2, 0) is 0 Å². The second-order valence-corrected chi connectivity index (χ2v) is 7.43. The molecule has 1 aromatic carbocycles. The van der Waals surface area contributed by atoms with Crippen LogP contribution in [0, 0.1) is 5.92 Å². The maximum Gasteiger partial charge on any atom is 0.0609 e. The molecule has 3 N–H and O–H groups in total. The summed E-state index contributed by atoms with van der Waals surface area (Å²) in [6.07, 6.45) is 6.93. The van der Waals surface area contributed by atoms with E-state index in [-0.39, 0.29) is 19.3 Å². The van der Waals surface area contributed by atoms with Gasteiger partial charge in [0.25, 0.3) is 0 Å². The third-order valence-electron chi connectivity index (χ3n) is 5.74. The molecule has 0 bridgehead atoms. The summed E-state index contributed by atoms with van der Waals surface area (Å²) in [4.78, 5) is 2.22. The monoisotopic (exact) mass is 344 g/mol. The van der Waals surface area contributed by atoms with Crippen molar-refractivity contribution in [1.29, 1.82) is 0 Å². The zero-order chi connectivity index (χ0) is 17.6. The van der Waals surface area contributed by atoms with E-state index in [0.717, 1.165) is 32.4 Å². The van der Waals surface area contributed by atoms with E-state index >= 15 is 0 Å². The van der Waals surface area contributed by atoms with Crippen LogP contribution in [0.25, 0.3) is 6.08 Å². The highest BCUT2D eigenvalue weighted by Gasteiger charge is 2.40. The fraction of sp³-hybridized carbons (Fsp3) is 0.619. The highest BCUT2D eigenvalue weighted by atomic mass is 16.3. The Morgan fingerprint density at radius 1 is 1.20 bits per heavy atom. The largest absolute Gasteiger partial charge is 0.395 e. The molecule has 1 aromatic rings. The van der Waals surface area contributed by atoms with Gasteiger partial charge in [-0.25, -0.2) is 0 Å². The van der Waals surface area contributed by atoms with Crippen molar-refractivity contribution in [2.45, 2.75) is 50.7 Å². The summed E-state index contributed by atoms with van der Waals surface area (Å²) in [7, 11) is 0. The third kappa shape index (κ3) is 4.91. The van der Waals surface area contributed by atoms with Crippen LogP contribution in [0.5, 0.6) is 0 Å². The van der Waals surface area contributed by atoms with Gasteiger partial charge in [-0.05, 0) is 37.2 Å². The van der Waals surface area contributed by atoms with E-state index in [1.807, 2.05) is 0 Å². The summed E-state index contributed by atoms with van der Waals surface area (Å²) in [5.41, 5.74) is 2.86. The molecule has 2 unspecified atom stereocenters. The molecular formula is C21H32N2O2. The normalized spacial score (nSPS) is 25.5. The van der Waals surface area contributed by atoms with Gasteiger partial charge in [0.1, 0.15) is 0 Å². The van der Waals surface area contributed by atoms with E-state index in [1.165, 1.54) is 12.0 Å². The number of nitrogens with zero attached hydrogens (tertiary/aromatic N) is 1. The first-order valence-corrected chi connectivity index (χ1v) is 9.72. The molecule has 0 spiro atoms. The molecule has 0 amide bonds. The fourth-order valence-corrected chi connectivity index (χ4v) is 4.05. The van der Waals surface area contributed by atoms with Crippen molar-refractivity contribution < 1.29 is 10.2 Å². The first-order valence-electron chi connectivity index (χ1n) is 9.72. The van der Waals surface area contributed by atoms with Gasteiger partial charge in [-0.2, -0.15) is 0 Å². The smallest absolute Gasteiger partial charge is 0.0609 e. The van der Waals surface area contributed by atoms with Crippen molar-refractivity contribution in [3.8, 4) is 0 Å². The van der Waals surface area contributed by atoms with E-state index in [2.05, 4.69) is 53.5 Å². The van der Waals surface area contributed by atoms with Gasteiger partial charge in [0.05, 0.1) is 19.3 Å². The lowest BCUT2D eigenvalue weighted by molar-refractivity contribution is 0.0540. The number of hydrogen-bond acceptors (Lipinski definition) is 4. The van der Waals surface area contributed by atoms with Crippen LogP contribution in [0.1, 0.15) is 38.2 Å². The van der Waals surface area contributed by atoms with Gasteiger partial charge in [0.2, 0.25) is 0 Å². The Bertz CT molecular complexity index is 548. The zero-order valence-corrected chi connectivity index (χ0v) is 15.3. The molecule has 0 radical (unpaired) electrons. The first kappa shape index (κ1) is 18.6. The lowest BCUT2D eigenvalue weighted by atomic mass is 10.0. The Hall–Kier alpha value is -1.20. The highest BCUT2D eigenvalue weighted by Crippen LogP contribution is 2.40. The molecule has 2 atom stereocenters. The molecule has 3 rings (SSSR count). The maximum atomic E-state index is 9.32. The Labute approximate surface area is 151 Å². The third-order valence-corrected chi connectivity index (χ3v) is 5.74. The highest BCUT2D eigenvalue weighted by molar-refractivity contribution is 5.54. The van der Waals surface area contributed by atoms with Gasteiger partial charge in [-0.3, -0.25) is 4.90 Å². The standard InChI is InChI=1S/C21H32N2O2/c1-2-17(12-16-6-4-3-5-7-16)20-13-21(20)22-18-8-10-23(11-9-18)19(14-24)15-25/h3-7,12,18-22,24-25H,2,8-11,13-15H2,1H3/b17-12+. The number of nitrogens with one attached hydrogen (secondary N) is 1. The summed E-state index contributed by atoms with van der Waals surface area (Å²) < 4.78 is 0. The molecule has 2 fully saturated rings. The van der Waals surface area contributed by atoms with Crippen LogP contribution < -0.4 is 5.32 Å². The predicted molar refractivity (Wildman–Crippen MR) is 102 cm³/mol. The summed E-state index contributed by atoms with van der Waals surface area (Å²) in [5.74, 6) is 0.686. The van der Waals surface area contributed by atoms with Gasteiger partial charge in [0.15, 0.2) is 0 Å². The van der Waals surface area contributed by atoms with Crippen LogP contribution in [0.15, 0.2) is 35.9 Å². The molecule has 1 aliphatic carbocycles. The van der Waals surface area contributed by atoms with Crippen LogP contribution in [0.4, 0.5) is 0 Å². The molecule has 2 aliphatic rings. The second kappa shape index (κ2) is 8.95. The number of piperidine rings is 1. The van der Waals surface area contributed by atoms with Crippen LogP contribution in [0.3, 0.4) is 0 Å². The molecule has 1 heterocycles. The van der Waals surface area contributed by atoms with Crippen molar-refractivity contribution in [1.82, 2.24) is 10.2 Å². The van der Waals surface area contributed by atoms with E-state index in [1.54, 1.807) is 5.57 Å². The maximum absolute atomic E-state index is 9.32. The minimum atomic E-state index is -0.0878. The van der Waals surface area contributed by atoms with Gasteiger partial charge < -0.3 is 15.5 Å². The van der Waals surface area contributed by atoms with Gasteiger partial charge in [-0.15, -0.1) is 0 Å². The Balaban J connectivity index is 1.47. The van der Waals surface area contributed by atoms with Crippen LogP contribution >= 0.6 is 0 Å². The van der Waals surface area contributed by atoms with E-state index in [4.69, 9.17) is 0 Å². The van der Waals surface area contributed by atoms with Gasteiger partial charge in [0, 0.05) is 25.2 Å². The molecule has 1 aliphatic heterocycles. The summed E-state index contributed by atoms with van der Waals surface area (Å²) in [6.45, 7) is 4.27. The van der Waals surface area contributed by atoms with Crippen molar-refractivity contribution >= 4 is 6.08 Å². The topological polar surface area (TPSA) is 55.7 Å². The predicted octanol–water partition coefficient (Wildman–Crippen LogP) is 2.28. The zero-order valence-electron chi connectivity index (χ0n) is 15.3. The number of benzene rings is 1. The van der Waals surface area contributed by atoms with Crippen molar-refractivity contribution in [2.24, 2.45) is 5.92 Å². The average molecular weight is 344 g/mol. The van der Waals surface area contributed by atoms with Crippen LogP contribution in [0.2, 0.25) is 0 Å². The lowest BCUT2D eigenvalue weighted by Gasteiger charge is -2.36. The molecule has 0 aromatic heterocycles. The molecular weight excluding hydrogens is 312 g/mol. The minimum absolute atomic E-state index is 0.0451. The Morgan fingerprint density at radius 3 is 2.48 bits per heavy atom. The van der Waals surface area contributed by atoms with E-state index in [9.17, 15) is 10.2 Å². The molecule has 4 heteroatoms. The molecule has 25 heavy (non-hydrogen) atoms. The first-order chi connectivity index (χ1) is 12.2. The van der Waals surface area contributed by atoms with E-state index < -0.39 is 0 Å². The Morgan fingerprint density at radius 2 is 1.88 bits per heavy atom. The molecule has 138 valence electrons. The van der Waals surface area contributed by atoms with Crippen molar-refractivity contribution in [3.05, 3.63) is 41.5 Å². The number of hydrogen-bond donors (Lipinski definition) is 3. The lowest BCUT2D eigenvalue weighted by Crippen LogP contribution is -2.49. The van der Waals surface area contributed by atoms with Crippen LogP contribution in [-0.4, -0.2) is 59.5 Å². The second-order valence-electron chi connectivity index (χ2n) is 7.43. The molecule has 1 saturated heterocycles. The van der Waals surface area contributed by atoms with Crippen molar-refractivity contribution in [3.63, 3.8) is 0 Å². The number of rotatable bonds is 8.